The van der Waals surface area contributed by atoms with Gasteiger partial charge < -0.3 is 5.11 Å². The molecule has 0 saturated heterocycles. The fraction of sp³-hybridized carbons (Fsp3) is 0.100. The first-order valence-corrected chi connectivity index (χ1v) is 6.60. The van der Waals surface area contributed by atoms with Crippen LogP contribution in [0.1, 0.15) is 5.56 Å². The van der Waals surface area contributed by atoms with Gasteiger partial charge in [0.1, 0.15) is 5.82 Å². The number of carbonyl (C=O) groups is 1. The van der Waals surface area contributed by atoms with Crippen LogP contribution in [0, 0.1) is 5.82 Å². The van der Waals surface area contributed by atoms with Gasteiger partial charge in [-0.15, -0.1) is 0 Å². The van der Waals surface area contributed by atoms with Gasteiger partial charge in [0.05, 0.1) is 0 Å². The standard InChI is InChI=1S/C10H9FO2S2/c1-14-15-8-4-2-7(9(11)6-8)3-5-10(12)13/h2-6H,1H3,(H,12,13)/b5-3+. The summed E-state index contributed by atoms with van der Waals surface area (Å²) in [4.78, 5) is 11.0. The third kappa shape index (κ3) is 3.97. The number of carboxylic acids is 1. The summed E-state index contributed by atoms with van der Waals surface area (Å²) in [5, 5.41) is 8.39. The van der Waals surface area contributed by atoms with Crippen molar-refractivity contribution < 1.29 is 14.3 Å². The third-order valence-electron chi connectivity index (χ3n) is 1.56. The van der Waals surface area contributed by atoms with Gasteiger partial charge in [-0.25, -0.2) is 9.18 Å². The molecule has 2 nitrogen and oxygen atoms in total. The molecule has 0 aliphatic carbocycles. The van der Waals surface area contributed by atoms with Crippen molar-refractivity contribution >= 4 is 33.6 Å². The Morgan fingerprint density at radius 2 is 2.27 bits per heavy atom. The number of rotatable bonds is 4. The third-order valence-corrected chi connectivity index (χ3v) is 3.25. The quantitative estimate of drug-likeness (QED) is 0.651. The van der Waals surface area contributed by atoms with Gasteiger partial charge in [-0.2, -0.15) is 0 Å². The second-order valence-corrected chi connectivity index (χ2v) is 5.08. The van der Waals surface area contributed by atoms with Crippen LogP contribution in [0.25, 0.3) is 6.08 Å². The SMILES string of the molecule is CSSc1ccc(/C=C/C(=O)O)c(F)c1. The molecule has 0 atom stereocenters. The topological polar surface area (TPSA) is 37.3 Å². The van der Waals surface area contributed by atoms with E-state index in [4.69, 9.17) is 5.11 Å². The van der Waals surface area contributed by atoms with E-state index in [0.29, 0.717) is 0 Å². The van der Waals surface area contributed by atoms with Crippen molar-refractivity contribution in [1.82, 2.24) is 0 Å². The molecule has 1 N–H and O–H groups in total. The first-order valence-electron chi connectivity index (χ1n) is 4.04. The lowest BCUT2D eigenvalue weighted by molar-refractivity contribution is -0.131. The molecule has 0 amide bonds. The van der Waals surface area contributed by atoms with Crippen LogP contribution in [-0.4, -0.2) is 17.3 Å². The molecule has 15 heavy (non-hydrogen) atoms. The van der Waals surface area contributed by atoms with Gasteiger partial charge >= 0.3 is 5.97 Å². The minimum Gasteiger partial charge on any atom is -0.478 e. The molecule has 0 fully saturated rings. The van der Waals surface area contributed by atoms with E-state index in [0.717, 1.165) is 11.0 Å². The molecule has 0 aliphatic rings. The van der Waals surface area contributed by atoms with Crippen LogP contribution >= 0.6 is 21.6 Å². The molecule has 80 valence electrons. The molecular weight excluding hydrogens is 235 g/mol. The van der Waals surface area contributed by atoms with Crippen molar-refractivity contribution in [3.63, 3.8) is 0 Å². The highest BCUT2D eigenvalue weighted by Crippen LogP contribution is 2.29. The minimum absolute atomic E-state index is 0.280. The summed E-state index contributed by atoms with van der Waals surface area (Å²) in [6.07, 6.45) is 4.06. The van der Waals surface area contributed by atoms with Gasteiger partial charge in [0, 0.05) is 16.5 Å². The molecule has 1 aromatic rings. The zero-order valence-electron chi connectivity index (χ0n) is 7.94. The second kappa shape index (κ2) is 5.82. The summed E-state index contributed by atoms with van der Waals surface area (Å²) in [5.74, 6) is -1.50. The largest absolute Gasteiger partial charge is 0.478 e. The van der Waals surface area contributed by atoms with Crippen LogP contribution < -0.4 is 0 Å². The first kappa shape index (κ1) is 12.1. The summed E-state index contributed by atoms with van der Waals surface area (Å²) >= 11 is 0. The van der Waals surface area contributed by atoms with Crippen LogP contribution in [0.3, 0.4) is 0 Å². The Hall–Kier alpha value is -0.940. The highest BCUT2D eigenvalue weighted by atomic mass is 33.1. The number of carboxylic acid groups (broad SMARTS) is 1. The summed E-state index contributed by atoms with van der Waals surface area (Å²) in [7, 11) is 2.98. The molecule has 0 unspecified atom stereocenters. The molecule has 1 rings (SSSR count). The number of hydrogen-bond donors (Lipinski definition) is 1. The van der Waals surface area contributed by atoms with E-state index in [1.54, 1.807) is 12.1 Å². The molecule has 1 aromatic carbocycles. The maximum atomic E-state index is 13.4. The van der Waals surface area contributed by atoms with Crippen LogP contribution in [0.2, 0.25) is 0 Å². The van der Waals surface area contributed by atoms with Gasteiger partial charge in [-0.05, 0) is 24.5 Å². The highest BCUT2D eigenvalue weighted by molar-refractivity contribution is 8.76. The molecule has 0 bridgehead atoms. The first-order chi connectivity index (χ1) is 7.13. The van der Waals surface area contributed by atoms with Crippen LogP contribution in [0.15, 0.2) is 29.2 Å². The van der Waals surface area contributed by atoms with E-state index in [9.17, 15) is 9.18 Å². The highest BCUT2D eigenvalue weighted by Gasteiger charge is 2.01. The van der Waals surface area contributed by atoms with E-state index in [1.807, 2.05) is 6.26 Å². The molecular formula is C10H9FO2S2. The Balaban J connectivity index is 2.88. The Labute approximate surface area is 95.0 Å². The van der Waals surface area contributed by atoms with Crippen molar-refractivity contribution in [1.29, 1.82) is 0 Å². The summed E-state index contributed by atoms with van der Waals surface area (Å²) in [6.45, 7) is 0. The van der Waals surface area contributed by atoms with Crippen LogP contribution in [0.5, 0.6) is 0 Å². The van der Waals surface area contributed by atoms with Gasteiger partial charge in [-0.3, -0.25) is 0 Å². The van der Waals surface area contributed by atoms with Crippen molar-refractivity contribution in [3.05, 3.63) is 35.7 Å². The predicted molar refractivity (Wildman–Crippen MR) is 62.4 cm³/mol. The van der Waals surface area contributed by atoms with Crippen LogP contribution in [0.4, 0.5) is 4.39 Å². The summed E-state index contributed by atoms with van der Waals surface area (Å²) in [6, 6.07) is 4.71. The zero-order valence-corrected chi connectivity index (χ0v) is 9.57. The van der Waals surface area contributed by atoms with E-state index in [1.165, 1.54) is 33.7 Å². The smallest absolute Gasteiger partial charge is 0.328 e. The van der Waals surface area contributed by atoms with Gasteiger partial charge in [0.25, 0.3) is 0 Å². The van der Waals surface area contributed by atoms with Gasteiger partial charge in [0.2, 0.25) is 0 Å². The number of benzene rings is 1. The van der Waals surface area contributed by atoms with Crippen molar-refractivity contribution in [2.45, 2.75) is 4.90 Å². The zero-order chi connectivity index (χ0) is 11.3. The number of aliphatic carboxylic acids is 1. The molecule has 0 saturated carbocycles. The van der Waals surface area contributed by atoms with E-state index >= 15 is 0 Å². The number of hydrogen-bond acceptors (Lipinski definition) is 3. The Kier molecular flexibility index (Phi) is 4.71. The molecule has 0 aromatic heterocycles. The second-order valence-electron chi connectivity index (χ2n) is 2.60. The van der Waals surface area contributed by atoms with E-state index < -0.39 is 11.8 Å². The molecule has 0 radical (unpaired) electrons. The van der Waals surface area contributed by atoms with E-state index in [-0.39, 0.29) is 5.56 Å². The predicted octanol–water partition coefficient (Wildman–Crippen LogP) is 3.29. The molecule has 0 aliphatic heterocycles. The van der Waals surface area contributed by atoms with Gasteiger partial charge in [0.15, 0.2) is 0 Å². The van der Waals surface area contributed by atoms with Crippen LogP contribution in [-0.2, 0) is 4.79 Å². The Morgan fingerprint density at radius 3 is 2.80 bits per heavy atom. The van der Waals surface area contributed by atoms with Crippen molar-refractivity contribution in [2.75, 3.05) is 6.26 Å². The fourth-order valence-electron chi connectivity index (χ4n) is 0.952. The Morgan fingerprint density at radius 1 is 1.53 bits per heavy atom. The average Bonchev–Trinajstić information content (AvgIpc) is 2.17. The lowest BCUT2D eigenvalue weighted by Crippen LogP contribution is -1.87. The maximum absolute atomic E-state index is 13.4. The molecule has 0 spiro atoms. The minimum atomic E-state index is -1.09. The average molecular weight is 244 g/mol. The number of halogens is 1. The summed E-state index contributed by atoms with van der Waals surface area (Å²) < 4.78 is 13.4. The monoisotopic (exact) mass is 244 g/mol. The normalized spacial score (nSPS) is 10.8. The Bertz CT molecular complexity index is 391. The fourth-order valence-corrected chi connectivity index (χ4v) is 2.31. The van der Waals surface area contributed by atoms with E-state index in [2.05, 4.69) is 0 Å². The lowest BCUT2D eigenvalue weighted by atomic mass is 10.2. The molecule has 5 heteroatoms. The van der Waals surface area contributed by atoms with Crippen molar-refractivity contribution in [3.8, 4) is 0 Å². The van der Waals surface area contributed by atoms with Gasteiger partial charge in [-0.1, -0.05) is 27.7 Å². The lowest BCUT2D eigenvalue weighted by Gasteiger charge is -2.00. The molecule has 0 heterocycles. The maximum Gasteiger partial charge on any atom is 0.328 e. The van der Waals surface area contributed by atoms with Crippen molar-refractivity contribution in [2.24, 2.45) is 0 Å². The summed E-state index contributed by atoms with van der Waals surface area (Å²) in [5.41, 5.74) is 0.280.